The van der Waals surface area contributed by atoms with Crippen LogP contribution in [0.25, 0.3) is 10.6 Å². The van der Waals surface area contributed by atoms with Crippen molar-refractivity contribution in [3.8, 4) is 10.6 Å². The fraction of sp³-hybridized carbons (Fsp3) is 0.619. The van der Waals surface area contributed by atoms with Crippen LogP contribution in [0.2, 0.25) is 4.34 Å². The van der Waals surface area contributed by atoms with Crippen molar-refractivity contribution in [2.45, 2.75) is 81.2 Å². The summed E-state index contributed by atoms with van der Waals surface area (Å²) in [5.74, 6) is 0.260. The van der Waals surface area contributed by atoms with Crippen molar-refractivity contribution in [3.05, 3.63) is 26.4 Å². The highest BCUT2D eigenvalue weighted by Gasteiger charge is 2.40. The molecule has 0 radical (unpaired) electrons. The predicted octanol–water partition coefficient (Wildman–Crippen LogP) is 4.70. The van der Waals surface area contributed by atoms with Gasteiger partial charge in [0.2, 0.25) is 0 Å². The van der Waals surface area contributed by atoms with Gasteiger partial charge in [-0.2, -0.15) is 0 Å². The summed E-state index contributed by atoms with van der Waals surface area (Å²) >= 11 is 7.29. The van der Waals surface area contributed by atoms with E-state index in [9.17, 15) is 13.2 Å². The van der Waals surface area contributed by atoms with Gasteiger partial charge in [0.15, 0.2) is 11.4 Å². The van der Waals surface area contributed by atoms with E-state index in [1.54, 1.807) is 4.57 Å². The molecule has 168 valence electrons. The third kappa shape index (κ3) is 3.58. The number of fused-ring (bicyclic) bond motifs is 3. The second-order valence-electron chi connectivity index (χ2n) is 8.67. The van der Waals surface area contributed by atoms with Gasteiger partial charge in [-0.15, -0.1) is 11.3 Å². The Kier molecular flexibility index (Phi) is 5.55. The van der Waals surface area contributed by atoms with Crippen LogP contribution in [0, 0.1) is 0 Å². The molecule has 0 amide bonds. The summed E-state index contributed by atoms with van der Waals surface area (Å²) in [4.78, 5) is 19.2. The third-order valence-electron chi connectivity index (χ3n) is 6.67. The van der Waals surface area contributed by atoms with Gasteiger partial charge in [-0.1, -0.05) is 50.1 Å². The summed E-state index contributed by atoms with van der Waals surface area (Å²) < 4.78 is 35.5. The summed E-state index contributed by atoms with van der Waals surface area (Å²) in [6.07, 6.45) is 10.4. The highest BCUT2D eigenvalue weighted by Crippen LogP contribution is 2.46. The smallest absolute Gasteiger partial charge is 0.300 e. The molecule has 10 heteroatoms. The van der Waals surface area contributed by atoms with E-state index in [0.29, 0.717) is 14.9 Å². The van der Waals surface area contributed by atoms with Gasteiger partial charge in [0.25, 0.3) is 15.6 Å². The Morgan fingerprint density at radius 2 is 1.74 bits per heavy atom. The predicted molar refractivity (Wildman–Crippen MR) is 121 cm³/mol. The van der Waals surface area contributed by atoms with Crippen LogP contribution in [0.1, 0.15) is 70.3 Å². The number of sulfonamides is 1. The van der Waals surface area contributed by atoms with Gasteiger partial charge in [0, 0.05) is 13.1 Å². The topological polar surface area (TPSA) is 84.9 Å². The van der Waals surface area contributed by atoms with Crippen molar-refractivity contribution in [3.63, 3.8) is 0 Å². The van der Waals surface area contributed by atoms with Crippen molar-refractivity contribution in [2.24, 2.45) is 4.99 Å². The van der Waals surface area contributed by atoms with E-state index in [1.165, 1.54) is 19.5 Å². The lowest BCUT2D eigenvalue weighted by molar-refractivity contribution is 0.288. The molecule has 1 aliphatic heterocycles. The number of aromatic nitrogens is 1. The molecular weight excluding hydrogens is 458 g/mol. The molecule has 0 saturated heterocycles. The first kappa shape index (κ1) is 21.3. The fourth-order valence-corrected chi connectivity index (χ4v) is 7.97. The summed E-state index contributed by atoms with van der Waals surface area (Å²) in [5.41, 5.74) is 0.0360. The van der Waals surface area contributed by atoms with Crippen LogP contribution in [0.5, 0.6) is 0 Å². The Morgan fingerprint density at radius 3 is 2.42 bits per heavy atom. The SMILES string of the molecule is CN1c2c(oc(=NC3CCCCC3)n(C3CCCCC3)c2=O)-c2sc(Cl)cc2S1(=O)=O. The van der Waals surface area contributed by atoms with Crippen LogP contribution in [-0.2, 0) is 10.0 Å². The Hall–Kier alpha value is -1.58. The molecule has 2 aromatic rings. The lowest BCUT2D eigenvalue weighted by Gasteiger charge is -2.29. The van der Waals surface area contributed by atoms with E-state index in [2.05, 4.69) is 0 Å². The molecule has 5 rings (SSSR count). The molecule has 2 aliphatic carbocycles. The Morgan fingerprint density at radius 1 is 1.10 bits per heavy atom. The van der Waals surface area contributed by atoms with Crippen molar-refractivity contribution >= 4 is 38.6 Å². The Labute approximate surface area is 190 Å². The molecule has 0 atom stereocenters. The van der Waals surface area contributed by atoms with Gasteiger partial charge in [0.1, 0.15) is 4.90 Å². The zero-order chi connectivity index (χ0) is 21.8. The molecule has 0 bridgehead atoms. The summed E-state index contributed by atoms with van der Waals surface area (Å²) in [5, 5.41) is 0. The van der Waals surface area contributed by atoms with Crippen molar-refractivity contribution in [1.29, 1.82) is 0 Å². The molecule has 31 heavy (non-hydrogen) atoms. The zero-order valence-electron chi connectivity index (χ0n) is 17.5. The van der Waals surface area contributed by atoms with Crippen LogP contribution >= 0.6 is 22.9 Å². The lowest BCUT2D eigenvalue weighted by atomic mass is 9.95. The van der Waals surface area contributed by atoms with E-state index < -0.39 is 10.0 Å². The maximum absolute atomic E-state index is 13.8. The molecule has 2 aromatic heterocycles. The second-order valence-corrected chi connectivity index (χ2v) is 12.3. The van der Waals surface area contributed by atoms with E-state index in [1.807, 2.05) is 0 Å². The highest BCUT2D eigenvalue weighted by atomic mass is 35.5. The zero-order valence-corrected chi connectivity index (χ0v) is 19.9. The van der Waals surface area contributed by atoms with Gasteiger partial charge in [-0.05, 0) is 31.7 Å². The molecule has 0 aromatic carbocycles. The van der Waals surface area contributed by atoms with Crippen molar-refractivity contribution in [2.75, 3.05) is 11.4 Å². The maximum Gasteiger partial charge on any atom is 0.300 e. The van der Waals surface area contributed by atoms with Gasteiger partial charge >= 0.3 is 5.68 Å². The molecule has 7 nitrogen and oxygen atoms in total. The minimum Gasteiger partial charge on any atom is -0.422 e. The third-order valence-corrected chi connectivity index (χ3v) is 9.84. The van der Waals surface area contributed by atoms with E-state index in [4.69, 9.17) is 21.0 Å². The minimum absolute atomic E-state index is 0.0259. The molecular formula is C21H26ClN3O4S2. The highest BCUT2D eigenvalue weighted by molar-refractivity contribution is 7.93. The summed E-state index contributed by atoms with van der Waals surface area (Å²) in [7, 11) is -2.46. The minimum atomic E-state index is -3.87. The first-order valence-corrected chi connectivity index (χ1v) is 13.6. The van der Waals surface area contributed by atoms with Gasteiger partial charge in [0.05, 0.1) is 15.3 Å². The summed E-state index contributed by atoms with van der Waals surface area (Å²) in [6, 6.07) is 1.53. The number of rotatable bonds is 2. The van der Waals surface area contributed by atoms with E-state index in [0.717, 1.165) is 73.4 Å². The molecule has 2 saturated carbocycles. The number of hydrogen-bond acceptors (Lipinski definition) is 6. The molecule has 3 heterocycles. The van der Waals surface area contributed by atoms with Crippen LogP contribution in [0.3, 0.4) is 0 Å². The van der Waals surface area contributed by atoms with Crippen LogP contribution in [0.4, 0.5) is 5.69 Å². The van der Waals surface area contributed by atoms with Gasteiger partial charge < -0.3 is 4.42 Å². The molecule has 0 spiro atoms. The molecule has 3 aliphatic rings. The largest absolute Gasteiger partial charge is 0.422 e. The monoisotopic (exact) mass is 483 g/mol. The maximum atomic E-state index is 13.8. The summed E-state index contributed by atoms with van der Waals surface area (Å²) in [6.45, 7) is 0. The quantitative estimate of drug-likeness (QED) is 0.619. The molecule has 2 fully saturated rings. The van der Waals surface area contributed by atoms with Crippen molar-refractivity contribution in [1.82, 2.24) is 4.57 Å². The lowest BCUT2D eigenvalue weighted by Crippen LogP contribution is -2.44. The standard InChI is InChI=1S/C21H26ClN3O4S2/c1-24-17-18(19-15(31(24,27)28)12-16(22)30-19)29-21(23-13-8-4-2-5-9-13)25(20(17)26)14-10-6-3-7-11-14/h12-14H,2-11H2,1H3. The van der Waals surface area contributed by atoms with Gasteiger partial charge in [-0.3, -0.25) is 13.7 Å². The Balaban J connectivity index is 1.79. The Bertz CT molecular complexity index is 1230. The average molecular weight is 484 g/mol. The second kappa shape index (κ2) is 8.08. The normalized spacial score (nSPS) is 22.4. The number of hydrogen-bond donors (Lipinski definition) is 0. The fourth-order valence-electron chi connectivity index (χ4n) is 5.00. The average Bonchev–Trinajstić information content (AvgIpc) is 3.16. The van der Waals surface area contributed by atoms with Crippen LogP contribution in [-0.4, -0.2) is 26.1 Å². The van der Waals surface area contributed by atoms with Crippen molar-refractivity contribution < 1.29 is 12.8 Å². The molecule has 0 N–H and O–H groups in total. The number of thiophene rings is 1. The number of nitrogens with zero attached hydrogens (tertiary/aromatic N) is 3. The first-order valence-electron chi connectivity index (χ1n) is 11.0. The van der Waals surface area contributed by atoms with E-state index >= 15 is 0 Å². The number of anilines is 1. The van der Waals surface area contributed by atoms with Crippen LogP contribution < -0.4 is 15.5 Å². The first-order chi connectivity index (χ1) is 14.9. The van der Waals surface area contributed by atoms with E-state index in [-0.39, 0.29) is 34.0 Å². The van der Waals surface area contributed by atoms with Gasteiger partial charge in [-0.25, -0.2) is 13.4 Å². The number of halogens is 1. The van der Waals surface area contributed by atoms with Crippen LogP contribution in [0.15, 0.2) is 25.2 Å². The molecule has 0 unspecified atom stereocenters.